The van der Waals surface area contributed by atoms with Gasteiger partial charge in [0.1, 0.15) is 11.6 Å². The van der Waals surface area contributed by atoms with Crippen molar-refractivity contribution in [3.8, 4) is 0 Å². The predicted octanol–water partition coefficient (Wildman–Crippen LogP) is 0.444. The van der Waals surface area contributed by atoms with Gasteiger partial charge in [0.2, 0.25) is 0 Å². The standard InChI is InChI=1S/C7H11N3O/c1-6(11)2-3-10-4-7(8)9-5-10/h4-5H,2-3,8H2,1H3. The molecule has 0 aliphatic heterocycles. The highest BCUT2D eigenvalue weighted by Gasteiger charge is 1.95. The van der Waals surface area contributed by atoms with E-state index in [9.17, 15) is 4.79 Å². The fourth-order valence-electron chi connectivity index (χ4n) is 0.786. The van der Waals surface area contributed by atoms with Gasteiger partial charge in [0, 0.05) is 19.2 Å². The average molecular weight is 153 g/mol. The molecule has 0 aliphatic carbocycles. The highest BCUT2D eigenvalue weighted by Crippen LogP contribution is 1.97. The Morgan fingerprint density at radius 2 is 2.55 bits per heavy atom. The average Bonchev–Trinajstić information content (AvgIpc) is 2.31. The number of nitrogens with zero attached hydrogens (tertiary/aromatic N) is 2. The lowest BCUT2D eigenvalue weighted by molar-refractivity contribution is -0.117. The summed E-state index contributed by atoms with van der Waals surface area (Å²) in [6.07, 6.45) is 3.87. The molecule has 0 spiro atoms. The van der Waals surface area contributed by atoms with Gasteiger partial charge < -0.3 is 10.3 Å². The topological polar surface area (TPSA) is 60.9 Å². The molecule has 1 heterocycles. The molecule has 0 atom stereocenters. The lowest BCUT2D eigenvalue weighted by Crippen LogP contribution is -1.99. The van der Waals surface area contributed by atoms with E-state index in [1.54, 1.807) is 24.0 Å². The van der Waals surface area contributed by atoms with Crippen LogP contribution in [0, 0.1) is 0 Å². The lowest BCUT2D eigenvalue weighted by Gasteiger charge is -1.96. The third-order valence-electron chi connectivity index (χ3n) is 1.38. The number of aryl methyl sites for hydroxylation is 1. The number of nitrogen functional groups attached to an aromatic ring is 1. The Hall–Kier alpha value is -1.32. The number of rotatable bonds is 3. The van der Waals surface area contributed by atoms with E-state index in [1.165, 1.54) is 0 Å². The van der Waals surface area contributed by atoms with Crippen molar-refractivity contribution < 1.29 is 4.79 Å². The number of ketones is 1. The zero-order valence-corrected chi connectivity index (χ0v) is 6.45. The van der Waals surface area contributed by atoms with Crippen molar-refractivity contribution in [1.82, 2.24) is 9.55 Å². The molecule has 1 aromatic heterocycles. The molecule has 0 aliphatic rings. The maximum atomic E-state index is 10.6. The van der Waals surface area contributed by atoms with Crippen molar-refractivity contribution >= 4 is 11.6 Å². The number of carbonyl (C=O) groups excluding carboxylic acids is 1. The van der Waals surface area contributed by atoms with E-state index >= 15 is 0 Å². The normalized spacial score (nSPS) is 9.91. The molecule has 1 aromatic rings. The Bertz CT molecular complexity index is 254. The van der Waals surface area contributed by atoms with Crippen molar-refractivity contribution in [2.45, 2.75) is 19.9 Å². The van der Waals surface area contributed by atoms with E-state index < -0.39 is 0 Å². The van der Waals surface area contributed by atoms with Crippen LogP contribution in [0.5, 0.6) is 0 Å². The van der Waals surface area contributed by atoms with Gasteiger partial charge in [0.15, 0.2) is 0 Å². The van der Waals surface area contributed by atoms with Crippen LogP contribution in [0.1, 0.15) is 13.3 Å². The SMILES string of the molecule is CC(=O)CCn1cnc(N)c1. The summed E-state index contributed by atoms with van der Waals surface area (Å²) >= 11 is 0. The van der Waals surface area contributed by atoms with Crippen molar-refractivity contribution in [2.75, 3.05) is 5.73 Å². The van der Waals surface area contributed by atoms with Crippen LogP contribution in [0.3, 0.4) is 0 Å². The first-order valence-electron chi connectivity index (χ1n) is 3.45. The summed E-state index contributed by atoms with van der Waals surface area (Å²) in [4.78, 5) is 14.4. The summed E-state index contributed by atoms with van der Waals surface area (Å²) in [5.41, 5.74) is 5.37. The van der Waals surface area contributed by atoms with Crippen LogP contribution < -0.4 is 5.73 Å². The number of Topliss-reactive ketones (excluding diaryl/α,β-unsaturated/α-hetero) is 1. The number of imidazole rings is 1. The van der Waals surface area contributed by atoms with E-state index in [2.05, 4.69) is 4.98 Å². The fourth-order valence-corrected chi connectivity index (χ4v) is 0.786. The molecule has 0 radical (unpaired) electrons. The van der Waals surface area contributed by atoms with Gasteiger partial charge in [0.25, 0.3) is 0 Å². The minimum atomic E-state index is 0.178. The van der Waals surface area contributed by atoms with Crippen molar-refractivity contribution in [3.63, 3.8) is 0 Å². The smallest absolute Gasteiger partial charge is 0.141 e. The molecule has 0 bridgehead atoms. The molecule has 11 heavy (non-hydrogen) atoms. The van der Waals surface area contributed by atoms with Crippen molar-refractivity contribution in [3.05, 3.63) is 12.5 Å². The molecule has 0 amide bonds. The second-order valence-corrected chi connectivity index (χ2v) is 2.49. The van der Waals surface area contributed by atoms with Gasteiger partial charge in [-0.3, -0.25) is 4.79 Å². The first-order valence-corrected chi connectivity index (χ1v) is 3.45. The van der Waals surface area contributed by atoms with Crippen LogP contribution in [0.2, 0.25) is 0 Å². The third kappa shape index (κ3) is 2.41. The van der Waals surface area contributed by atoms with Crippen LogP contribution in [0.4, 0.5) is 5.82 Å². The van der Waals surface area contributed by atoms with Crippen molar-refractivity contribution in [2.24, 2.45) is 0 Å². The van der Waals surface area contributed by atoms with E-state index in [-0.39, 0.29) is 5.78 Å². The number of carbonyl (C=O) groups is 1. The Kier molecular flexibility index (Phi) is 2.25. The van der Waals surface area contributed by atoms with E-state index in [0.29, 0.717) is 18.8 Å². The Morgan fingerprint density at radius 1 is 1.82 bits per heavy atom. The highest BCUT2D eigenvalue weighted by molar-refractivity contribution is 5.75. The molecule has 2 N–H and O–H groups in total. The molecule has 0 fully saturated rings. The number of hydrogen-bond acceptors (Lipinski definition) is 3. The summed E-state index contributed by atoms with van der Waals surface area (Å²) in [7, 11) is 0. The van der Waals surface area contributed by atoms with E-state index in [0.717, 1.165) is 0 Å². The van der Waals surface area contributed by atoms with Crippen LogP contribution in [-0.2, 0) is 11.3 Å². The van der Waals surface area contributed by atoms with E-state index in [4.69, 9.17) is 5.73 Å². The summed E-state index contributed by atoms with van der Waals surface area (Å²) in [5.74, 6) is 0.672. The van der Waals surface area contributed by atoms with E-state index in [1.807, 2.05) is 0 Å². The maximum Gasteiger partial charge on any atom is 0.141 e. The molecule has 60 valence electrons. The zero-order chi connectivity index (χ0) is 8.27. The molecule has 4 nitrogen and oxygen atoms in total. The summed E-state index contributed by atoms with van der Waals surface area (Å²) in [6.45, 7) is 2.24. The van der Waals surface area contributed by atoms with Gasteiger partial charge in [-0.15, -0.1) is 0 Å². The lowest BCUT2D eigenvalue weighted by atomic mass is 10.3. The largest absolute Gasteiger partial charge is 0.382 e. The van der Waals surface area contributed by atoms with Gasteiger partial charge >= 0.3 is 0 Å². The molecule has 1 rings (SSSR count). The minimum Gasteiger partial charge on any atom is -0.382 e. The number of aromatic nitrogens is 2. The summed E-state index contributed by atoms with van der Waals surface area (Å²) in [5, 5.41) is 0. The van der Waals surface area contributed by atoms with Gasteiger partial charge in [-0.1, -0.05) is 0 Å². The van der Waals surface area contributed by atoms with Gasteiger partial charge in [-0.25, -0.2) is 4.98 Å². The third-order valence-corrected chi connectivity index (χ3v) is 1.38. The van der Waals surface area contributed by atoms with Crippen LogP contribution in [-0.4, -0.2) is 15.3 Å². The first-order chi connectivity index (χ1) is 5.18. The second-order valence-electron chi connectivity index (χ2n) is 2.49. The monoisotopic (exact) mass is 153 g/mol. The number of anilines is 1. The Balaban J connectivity index is 2.45. The number of nitrogens with two attached hydrogens (primary N) is 1. The minimum absolute atomic E-state index is 0.178. The highest BCUT2D eigenvalue weighted by atomic mass is 16.1. The van der Waals surface area contributed by atoms with Gasteiger partial charge in [-0.2, -0.15) is 0 Å². The molecule has 0 saturated heterocycles. The maximum absolute atomic E-state index is 10.6. The molecule has 0 aromatic carbocycles. The second kappa shape index (κ2) is 3.18. The van der Waals surface area contributed by atoms with Crippen LogP contribution >= 0.6 is 0 Å². The molecule has 0 saturated carbocycles. The fraction of sp³-hybridized carbons (Fsp3) is 0.429. The van der Waals surface area contributed by atoms with Crippen LogP contribution in [0.25, 0.3) is 0 Å². The number of hydrogen-bond donors (Lipinski definition) is 1. The Labute approximate surface area is 65.0 Å². The van der Waals surface area contributed by atoms with Crippen LogP contribution in [0.15, 0.2) is 12.5 Å². The molecule has 0 unspecified atom stereocenters. The molecular weight excluding hydrogens is 142 g/mol. The predicted molar refractivity (Wildman–Crippen MR) is 41.9 cm³/mol. The summed E-state index contributed by atoms with van der Waals surface area (Å²) < 4.78 is 1.80. The molecular formula is C7H11N3O. The van der Waals surface area contributed by atoms with Crippen molar-refractivity contribution in [1.29, 1.82) is 0 Å². The quantitative estimate of drug-likeness (QED) is 0.685. The first kappa shape index (κ1) is 7.78. The molecule has 4 heteroatoms. The van der Waals surface area contributed by atoms with Gasteiger partial charge in [0.05, 0.1) is 6.33 Å². The Morgan fingerprint density at radius 3 is 3.00 bits per heavy atom. The van der Waals surface area contributed by atoms with Gasteiger partial charge in [-0.05, 0) is 6.92 Å². The summed E-state index contributed by atoms with van der Waals surface area (Å²) in [6, 6.07) is 0. The zero-order valence-electron chi connectivity index (χ0n) is 6.45.